The van der Waals surface area contributed by atoms with Gasteiger partial charge in [0.15, 0.2) is 0 Å². The summed E-state index contributed by atoms with van der Waals surface area (Å²) in [5.74, 6) is -0.285. The van der Waals surface area contributed by atoms with Gasteiger partial charge in [-0.05, 0) is 23.8 Å². The van der Waals surface area contributed by atoms with Crippen LogP contribution in [0.15, 0.2) is 90.4 Å². The lowest BCUT2D eigenvalue weighted by Gasteiger charge is -2.05. The number of hydrogen-bond acceptors (Lipinski definition) is 3. The van der Waals surface area contributed by atoms with Gasteiger partial charge in [-0.1, -0.05) is 48.5 Å². The number of hydrogen-bond donors (Lipinski definition) is 1. The molecule has 0 bridgehead atoms. The maximum Gasteiger partial charge on any atom is 0.272 e. The zero-order valence-corrected chi connectivity index (χ0v) is 14.6. The number of rotatable bonds is 5. The fraction of sp³-hybridized carbons (Fsp3) is 0.0455. The predicted molar refractivity (Wildman–Crippen MR) is 107 cm³/mol. The molecule has 0 saturated carbocycles. The normalized spacial score (nSPS) is 11.1. The van der Waals surface area contributed by atoms with E-state index in [9.17, 15) is 4.79 Å². The molecule has 0 unspecified atom stereocenters. The summed E-state index contributed by atoms with van der Waals surface area (Å²) in [6, 6.07) is 21.9. The number of fused-ring (bicyclic) bond motifs is 1. The number of benzene rings is 2. The molecule has 0 aliphatic carbocycles. The molecule has 0 fully saturated rings. The van der Waals surface area contributed by atoms with Crippen LogP contribution in [0.2, 0.25) is 0 Å². The molecule has 0 atom stereocenters. The second kappa shape index (κ2) is 7.66. The molecule has 0 aliphatic rings. The molecule has 0 radical (unpaired) electrons. The quantitative estimate of drug-likeness (QED) is 0.437. The molecule has 2 aromatic carbocycles. The monoisotopic (exact) mass is 354 g/mol. The van der Waals surface area contributed by atoms with Gasteiger partial charge in [0.2, 0.25) is 0 Å². The van der Waals surface area contributed by atoms with Crippen LogP contribution < -0.4 is 5.43 Å². The number of para-hydroxylation sites is 1. The number of pyridine rings is 1. The van der Waals surface area contributed by atoms with Gasteiger partial charge in [-0.2, -0.15) is 5.10 Å². The first-order chi connectivity index (χ1) is 13.3. The third-order valence-electron chi connectivity index (χ3n) is 4.31. The van der Waals surface area contributed by atoms with Crippen LogP contribution in [0.5, 0.6) is 0 Å². The summed E-state index contributed by atoms with van der Waals surface area (Å²) in [5, 5.41) is 5.21. The Morgan fingerprint density at radius 3 is 2.67 bits per heavy atom. The minimum Gasteiger partial charge on any atom is -0.342 e. The number of hydrazone groups is 1. The van der Waals surface area contributed by atoms with Gasteiger partial charge < -0.3 is 4.57 Å². The second-order valence-corrected chi connectivity index (χ2v) is 6.16. The van der Waals surface area contributed by atoms with Gasteiger partial charge in [-0.3, -0.25) is 9.78 Å². The lowest BCUT2D eigenvalue weighted by molar-refractivity contribution is 0.0955. The van der Waals surface area contributed by atoms with Crippen molar-refractivity contribution in [2.24, 2.45) is 5.10 Å². The maximum absolute atomic E-state index is 12.1. The van der Waals surface area contributed by atoms with Crippen molar-refractivity contribution in [3.8, 4) is 0 Å². The first kappa shape index (κ1) is 16.7. The summed E-state index contributed by atoms with van der Waals surface area (Å²) >= 11 is 0. The Morgan fingerprint density at radius 1 is 1.04 bits per heavy atom. The van der Waals surface area contributed by atoms with E-state index in [-0.39, 0.29) is 5.91 Å². The van der Waals surface area contributed by atoms with Gasteiger partial charge in [0.25, 0.3) is 5.91 Å². The minimum atomic E-state index is -0.285. The van der Waals surface area contributed by atoms with Gasteiger partial charge in [0.05, 0.1) is 11.8 Å². The van der Waals surface area contributed by atoms with Crippen molar-refractivity contribution in [3.05, 3.63) is 102 Å². The van der Waals surface area contributed by atoms with Gasteiger partial charge in [-0.25, -0.2) is 5.43 Å². The van der Waals surface area contributed by atoms with E-state index < -0.39 is 0 Å². The van der Waals surface area contributed by atoms with Crippen LogP contribution >= 0.6 is 0 Å². The molecule has 0 spiro atoms. The standard InChI is InChI=1S/C22H18N4O/c27-22(18-9-6-12-23-13-18)25-24-14-19-16-26(15-17-7-2-1-3-8-17)21-11-5-4-10-20(19)21/h1-14,16H,15H2,(H,25,27). The second-order valence-electron chi connectivity index (χ2n) is 6.16. The highest BCUT2D eigenvalue weighted by Crippen LogP contribution is 2.21. The van der Waals surface area contributed by atoms with Crippen molar-refractivity contribution in [1.82, 2.24) is 15.0 Å². The van der Waals surface area contributed by atoms with E-state index in [1.54, 1.807) is 24.5 Å². The van der Waals surface area contributed by atoms with E-state index in [4.69, 9.17) is 0 Å². The van der Waals surface area contributed by atoms with Crippen molar-refractivity contribution in [3.63, 3.8) is 0 Å². The molecule has 0 aliphatic heterocycles. The van der Waals surface area contributed by atoms with E-state index in [1.807, 2.05) is 30.3 Å². The highest BCUT2D eigenvalue weighted by atomic mass is 16.2. The molecule has 4 rings (SSSR count). The molecular weight excluding hydrogens is 336 g/mol. The Kier molecular flexibility index (Phi) is 4.74. The number of aromatic nitrogens is 2. The smallest absolute Gasteiger partial charge is 0.272 e. The van der Waals surface area contributed by atoms with E-state index >= 15 is 0 Å². The molecular formula is C22H18N4O. The molecule has 4 aromatic rings. The Balaban J connectivity index is 1.57. The van der Waals surface area contributed by atoms with Crippen LogP contribution in [0, 0.1) is 0 Å². The van der Waals surface area contributed by atoms with E-state index in [0.717, 1.165) is 23.0 Å². The maximum atomic E-state index is 12.1. The largest absolute Gasteiger partial charge is 0.342 e. The minimum absolute atomic E-state index is 0.285. The highest BCUT2D eigenvalue weighted by molar-refractivity contribution is 6.00. The van der Waals surface area contributed by atoms with Gasteiger partial charge in [-0.15, -0.1) is 0 Å². The molecule has 1 amide bonds. The molecule has 1 N–H and O–H groups in total. The van der Waals surface area contributed by atoms with Crippen LogP contribution in [-0.4, -0.2) is 21.7 Å². The van der Waals surface area contributed by atoms with Gasteiger partial charge in [0.1, 0.15) is 0 Å². The first-order valence-electron chi connectivity index (χ1n) is 8.66. The lowest BCUT2D eigenvalue weighted by atomic mass is 10.2. The topological polar surface area (TPSA) is 59.3 Å². The zero-order chi connectivity index (χ0) is 18.5. The van der Waals surface area contributed by atoms with Gasteiger partial charge in [0, 0.05) is 41.6 Å². The number of amides is 1. The highest BCUT2D eigenvalue weighted by Gasteiger charge is 2.08. The van der Waals surface area contributed by atoms with E-state index in [0.29, 0.717) is 5.56 Å². The Labute approximate surface area is 157 Å². The van der Waals surface area contributed by atoms with Crippen LogP contribution in [0.1, 0.15) is 21.5 Å². The molecule has 5 nitrogen and oxygen atoms in total. The summed E-state index contributed by atoms with van der Waals surface area (Å²) < 4.78 is 2.19. The Hall–Kier alpha value is -3.73. The number of carbonyl (C=O) groups excluding carboxylic acids is 1. The molecule has 132 valence electrons. The third kappa shape index (κ3) is 3.77. The van der Waals surface area contributed by atoms with Crippen molar-refractivity contribution in [1.29, 1.82) is 0 Å². The fourth-order valence-electron chi connectivity index (χ4n) is 3.01. The van der Waals surface area contributed by atoms with Crippen LogP contribution in [0.25, 0.3) is 10.9 Å². The summed E-state index contributed by atoms with van der Waals surface area (Å²) in [5.41, 5.74) is 6.33. The first-order valence-corrected chi connectivity index (χ1v) is 8.66. The molecule has 5 heteroatoms. The van der Waals surface area contributed by atoms with E-state index in [1.165, 1.54) is 11.8 Å². The number of carbonyl (C=O) groups is 1. The summed E-state index contributed by atoms with van der Waals surface area (Å²) in [6.45, 7) is 0.775. The summed E-state index contributed by atoms with van der Waals surface area (Å²) in [7, 11) is 0. The lowest BCUT2D eigenvalue weighted by Crippen LogP contribution is -2.17. The Bertz CT molecular complexity index is 1090. The van der Waals surface area contributed by atoms with Crippen molar-refractivity contribution in [2.45, 2.75) is 6.54 Å². The SMILES string of the molecule is O=C(NN=Cc1cn(Cc2ccccc2)c2ccccc12)c1cccnc1. The summed E-state index contributed by atoms with van der Waals surface area (Å²) in [6.07, 6.45) is 6.87. The van der Waals surface area contributed by atoms with Gasteiger partial charge >= 0.3 is 0 Å². The van der Waals surface area contributed by atoms with Crippen molar-refractivity contribution < 1.29 is 4.79 Å². The zero-order valence-electron chi connectivity index (χ0n) is 14.6. The van der Waals surface area contributed by atoms with Crippen molar-refractivity contribution >= 4 is 23.0 Å². The van der Waals surface area contributed by atoms with Crippen LogP contribution in [0.4, 0.5) is 0 Å². The van der Waals surface area contributed by atoms with Crippen molar-refractivity contribution in [2.75, 3.05) is 0 Å². The number of nitrogens with one attached hydrogen (secondary N) is 1. The van der Waals surface area contributed by atoms with Crippen LogP contribution in [0.3, 0.4) is 0 Å². The van der Waals surface area contributed by atoms with E-state index in [2.05, 4.69) is 50.5 Å². The molecule has 0 saturated heterocycles. The molecule has 27 heavy (non-hydrogen) atoms. The molecule has 2 heterocycles. The third-order valence-corrected chi connectivity index (χ3v) is 4.31. The average Bonchev–Trinajstić information content (AvgIpc) is 3.07. The summed E-state index contributed by atoms with van der Waals surface area (Å²) in [4.78, 5) is 16.0. The number of nitrogens with zero attached hydrogens (tertiary/aromatic N) is 3. The molecule has 2 aromatic heterocycles. The Morgan fingerprint density at radius 2 is 1.85 bits per heavy atom. The average molecular weight is 354 g/mol. The predicted octanol–water partition coefficient (Wildman–Crippen LogP) is 3.85. The fourth-order valence-corrected chi connectivity index (χ4v) is 3.01. The van der Waals surface area contributed by atoms with Crippen LogP contribution in [-0.2, 0) is 6.54 Å².